The average Bonchev–Trinajstić information content (AvgIpc) is 3.43. The van der Waals surface area contributed by atoms with E-state index in [9.17, 15) is 9.18 Å². The fraction of sp³-hybridized carbons (Fsp3) is 0.444. The molecule has 2 aromatic rings. The number of benzene rings is 2. The van der Waals surface area contributed by atoms with Crippen molar-refractivity contribution < 1.29 is 9.18 Å². The molecular weight excluding hydrogens is 387 g/mol. The third-order valence-corrected chi connectivity index (χ3v) is 7.54. The van der Waals surface area contributed by atoms with E-state index in [0.29, 0.717) is 0 Å². The van der Waals surface area contributed by atoms with Crippen LogP contribution in [0.1, 0.15) is 49.7 Å². The number of anilines is 1. The quantitative estimate of drug-likeness (QED) is 0.663. The molecule has 2 fully saturated rings. The molecule has 0 bridgehead atoms. The summed E-state index contributed by atoms with van der Waals surface area (Å²) in [6, 6.07) is 15.4. The maximum Gasteiger partial charge on any atom is 0.230 e. The van der Waals surface area contributed by atoms with E-state index in [1.165, 1.54) is 11.6 Å². The number of likely N-dealkylation sites (tertiary alicyclic amines) is 1. The number of fused-ring (bicyclic) bond motifs is 2. The predicted octanol–water partition coefficient (Wildman–Crippen LogP) is 5.41. The van der Waals surface area contributed by atoms with E-state index in [1.807, 2.05) is 17.0 Å². The minimum absolute atomic E-state index is 0.106. The van der Waals surface area contributed by atoms with Crippen molar-refractivity contribution in [2.24, 2.45) is 5.92 Å². The van der Waals surface area contributed by atoms with Gasteiger partial charge < -0.3 is 4.90 Å². The van der Waals surface area contributed by atoms with Crippen molar-refractivity contribution >= 4 is 17.7 Å². The van der Waals surface area contributed by atoms with Crippen molar-refractivity contribution in [2.45, 2.75) is 43.9 Å². The van der Waals surface area contributed by atoms with Gasteiger partial charge in [0, 0.05) is 30.1 Å². The molecule has 0 radical (unpaired) electrons. The summed E-state index contributed by atoms with van der Waals surface area (Å²) in [5, 5.41) is 0. The molecule has 3 nitrogen and oxygen atoms in total. The van der Waals surface area contributed by atoms with Gasteiger partial charge in [-0.3, -0.25) is 9.69 Å². The number of carbonyl (C=O) groups is 1. The van der Waals surface area contributed by atoms with Gasteiger partial charge in [-0.25, -0.2) is 4.39 Å². The fourth-order valence-electron chi connectivity index (χ4n) is 5.72. The number of carbonyl (C=O) groups excluding carboxylic acids is 1. The third kappa shape index (κ3) is 4.06. The summed E-state index contributed by atoms with van der Waals surface area (Å²) >= 11 is 0. The van der Waals surface area contributed by atoms with Crippen LogP contribution in [0.3, 0.4) is 0 Å². The van der Waals surface area contributed by atoms with Crippen LogP contribution in [-0.2, 0) is 10.2 Å². The lowest BCUT2D eigenvalue weighted by Crippen LogP contribution is -2.46. The van der Waals surface area contributed by atoms with Gasteiger partial charge in [-0.15, -0.1) is 0 Å². The van der Waals surface area contributed by atoms with Crippen LogP contribution in [0.2, 0.25) is 0 Å². The summed E-state index contributed by atoms with van der Waals surface area (Å²) in [5.74, 6) is 0.216. The number of rotatable bonds is 4. The van der Waals surface area contributed by atoms with E-state index in [0.717, 1.165) is 76.0 Å². The highest BCUT2D eigenvalue weighted by molar-refractivity contribution is 5.98. The SMILES string of the molecule is O=C(C1CCCC1)N1CC2(CCN(CC=Cc3ccccc3)CC2)c2cc(F)ccc21. The molecule has 3 aliphatic rings. The largest absolute Gasteiger partial charge is 0.311 e. The smallest absolute Gasteiger partial charge is 0.230 e. The van der Waals surface area contributed by atoms with Gasteiger partial charge in [0.2, 0.25) is 5.91 Å². The van der Waals surface area contributed by atoms with Crippen LogP contribution in [0.5, 0.6) is 0 Å². The molecule has 1 saturated heterocycles. The van der Waals surface area contributed by atoms with Crippen LogP contribution >= 0.6 is 0 Å². The molecule has 2 heterocycles. The molecule has 1 saturated carbocycles. The normalized spacial score (nSPS) is 21.3. The van der Waals surface area contributed by atoms with E-state index < -0.39 is 0 Å². The Morgan fingerprint density at radius 2 is 1.81 bits per heavy atom. The highest BCUT2D eigenvalue weighted by atomic mass is 19.1. The number of amides is 1. The van der Waals surface area contributed by atoms with E-state index >= 15 is 0 Å². The van der Waals surface area contributed by atoms with E-state index in [1.54, 1.807) is 6.07 Å². The number of hydrogen-bond donors (Lipinski definition) is 0. The topological polar surface area (TPSA) is 23.6 Å². The molecule has 0 N–H and O–H groups in total. The molecule has 1 amide bonds. The number of halogens is 1. The molecule has 2 aliphatic heterocycles. The van der Waals surface area contributed by atoms with E-state index in [2.05, 4.69) is 41.3 Å². The molecule has 0 aromatic heterocycles. The Hall–Kier alpha value is -2.46. The summed E-state index contributed by atoms with van der Waals surface area (Å²) < 4.78 is 14.2. The minimum Gasteiger partial charge on any atom is -0.311 e. The Morgan fingerprint density at radius 1 is 1.06 bits per heavy atom. The first kappa shape index (κ1) is 20.4. The van der Waals surface area contributed by atoms with Gasteiger partial charge in [-0.2, -0.15) is 0 Å². The van der Waals surface area contributed by atoms with E-state index in [4.69, 9.17) is 0 Å². The Morgan fingerprint density at radius 3 is 2.55 bits per heavy atom. The lowest BCUT2D eigenvalue weighted by molar-refractivity contribution is -0.122. The fourth-order valence-corrected chi connectivity index (χ4v) is 5.72. The first-order valence-electron chi connectivity index (χ1n) is 11.7. The highest BCUT2D eigenvalue weighted by Gasteiger charge is 2.47. The van der Waals surface area contributed by atoms with Crippen molar-refractivity contribution in [3.05, 3.63) is 71.6 Å². The Balaban J connectivity index is 1.29. The van der Waals surface area contributed by atoms with Gasteiger partial charge in [0.1, 0.15) is 5.82 Å². The molecule has 4 heteroatoms. The Bertz CT molecular complexity index is 956. The Labute approximate surface area is 184 Å². The monoisotopic (exact) mass is 418 g/mol. The van der Waals surface area contributed by atoms with Gasteiger partial charge in [0.15, 0.2) is 0 Å². The predicted molar refractivity (Wildman–Crippen MR) is 124 cm³/mol. The second kappa shape index (κ2) is 8.58. The molecule has 1 aliphatic carbocycles. The second-order valence-electron chi connectivity index (χ2n) is 9.46. The lowest BCUT2D eigenvalue weighted by atomic mass is 9.74. The van der Waals surface area contributed by atoms with Gasteiger partial charge in [0.25, 0.3) is 0 Å². The van der Waals surface area contributed by atoms with Crippen LogP contribution in [0, 0.1) is 11.7 Å². The van der Waals surface area contributed by atoms with Crippen LogP contribution < -0.4 is 4.90 Å². The molecule has 0 atom stereocenters. The molecule has 1 spiro atoms. The van der Waals surface area contributed by atoms with Crippen LogP contribution in [-0.4, -0.2) is 37.0 Å². The van der Waals surface area contributed by atoms with Gasteiger partial charge in [-0.05, 0) is 68.1 Å². The van der Waals surface area contributed by atoms with Crippen molar-refractivity contribution in [3.8, 4) is 0 Å². The maximum atomic E-state index is 14.2. The summed E-state index contributed by atoms with van der Waals surface area (Å²) in [5.41, 5.74) is 3.12. The second-order valence-corrected chi connectivity index (χ2v) is 9.46. The summed E-state index contributed by atoms with van der Waals surface area (Å²) in [7, 11) is 0. The first-order valence-corrected chi connectivity index (χ1v) is 11.7. The van der Waals surface area contributed by atoms with Crippen LogP contribution in [0.4, 0.5) is 10.1 Å². The third-order valence-electron chi connectivity index (χ3n) is 7.54. The summed E-state index contributed by atoms with van der Waals surface area (Å²) in [6.45, 7) is 3.58. The number of piperidine rings is 1. The van der Waals surface area contributed by atoms with Crippen LogP contribution in [0.15, 0.2) is 54.6 Å². The highest BCUT2D eigenvalue weighted by Crippen LogP contribution is 2.48. The van der Waals surface area contributed by atoms with Crippen molar-refractivity contribution in [1.82, 2.24) is 4.90 Å². The van der Waals surface area contributed by atoms with Crippen LogP contribution in [0.25, 0.3) is 6.08 Å². The molecule has 0 unspecified atom stereocenters. The number of nitrogens with zero attached hydrogens (tertiary/aromatic N) is 2. The number of hydrogen-bond acceptors (Lipinski definition) is 2. The zero-order chi connectivity index (χ0) is 21.3. The molecule has 162 valence electrons. The molecule has 5 rings (SSSR count). The minimum atomic E-state index is -0.193. The summed E-state index contributed by atoms with van der Waals surface area (Å²) in [4.78, 5) is 17.7. The first-order chi connectivity index (χ1) is 15.1. The van der Waals surface area contributed by atoms with Gasteiger partial charge >= 0.3 is 0 Å². The van der Waals surface area contributed by atoms with E-state index in [-0.39, 0.29) is 23.1 Å². The van der Waals surface area contributed by atoms with Gasteiger partial charge in [-0.1, -0.05) is 55.3 Å². The average molecular weight is 419 g/mol. The standard InChI is InChI=1S/C27H31FN2O/c28-23-12-13-25-24(19-23)27(20-30(25)26(31)22-10-4-5-11-22)14-17-29(18-15-27)16-6-9-21-7-2-1-3-8-21/h1-3,6-9,12-13,19,22H,4-5,10-11,14-18,20H2. The zero-order valence-electron chi connectivity index (χ0n) is 18.1. The van der Waals surface area contributed by atoms with Crippen molar-refractivity contribution in [1.29, 1.82) is 0 Å². The molecular formula is C27H31FN2O. The lowest BCUT2D eigenvalue weighted by Gasteiger charge is -2.39. The molecule has 2 aromatic carbocycles. The van der Waals surface area contributed by atoms with Crippen molar-refractivity contribution in [3.63, 3.8) is 0 Å². The Kier molecular flexibility index (Phi) is 5.66. The zero-order valence-corrected chi connectivity index (χ0v) is 18.1. The molecule has 31 heavy (non-hydrogen) atoms. The van der Waals surface area contributed by atoms with Crippen molar-refractivity contribution in [2.75, 3.05) is 31.1 Å². The maximum absolute atomic E-state index is 14.2. The summed E-state index contributed by atoms with van der Waals surface area (Å²) in [6.07, 6.45) is 10.6. The van der Waals surface area contributed by atoms with Gasteiger partial charge in [0.05, 0.1) is 0 Å².